The molecule has 0 aliphatic carbocycles. The van der Waals surface area contributed by atoms with Gasteiger partial charge in [0, 0.05) is 16.2 Å². The molecule has 0 amide bonds. The van der Waals surface area contributed by atoms with Crippen LogP contribution in [0.25, 0.3) is 130 Å². The van der Waals surface area contributed by atoms with E-state index in [-0.39, 0.29) is 0 Å². The number of benzene rings is 12. The van der Waals surface area contributed by atoms with Gasteiger partial charge in [0.1, 0.15) is 11.2 Å². The smallest absolute Gasteiger partial charge is 0.143 e. The molecule has 13 rings (SSSR count). The summed E-state index contributed by atoms with van der Waals surface area (Å²) in [7, 11) is 0. The first-order valence-corrected chi connectivity index (χ1v) is 18.4. The maximum Gasteiger partial charge on any atom is 0.143 e. The second kappa shape index (κ2) is 9.88. The molecule has 1 heterocycles. The normalized spacial score (nSPS) is 12.5. The first-order chi connectivity index (χ1) is 26.3. The van der Waals surface area contributed by atoms with Crippen LogP contribution < -0.4 is 0 Å². The third-order valence-corrected chi connectivity index (χ3v) is 12.1. The van der Waals surface area contributed by atoms with Crippen LogP contribution >= 0.6 is 0 Å². The quantitative estimate of drug-likeness (QED) is 0.167. The van der Waals surface area contributed by atoms with Crippen molar-refractivity contribution < 1.29 is 4.42 Å². The van der Waals surface area contributed by atoms with E-state index < -0.39 is 0 Å². The SMILES string of the molecule is c1ccc2c(c1)ccc1oc3c(ccc4cc(-c5ccc6ccc7cccc8ccc5c6c78)cc(-c5ccc6ccc7cccc8ccc5c6c78)c43)c12. The lowest BCUT2D eigenvalue weighted by Crippen LogP contribution is -1.91. The lowest BCUT2D eigenvalue weighted by Gasteiger charge is -2.18. The Kier molecular flexibility index (Phi) is 5.17. The summed E-state index contributed by atoms with van der Waals surface area (Å²) in [5.41, 5.74) is 6.72. The van der Waals surface area contributed by atoms with E-state index in [0.29, 0.717) is 0 Å². The minimum Gasteiger partial charge on any atom is -0.455 e. The van der Waals surface area contributed by atoms with Crippen molar-refractivity contribution in [1.29, 1.82) is 0 Å². The van der Waals surface area contributed by atoms with Crippen LogP contribution in [-0.4, -0.2) is 0 Å². The highest BCUT2D eigenvalue weighted by molar-refractivity contribution is 6.30. The van der Waals surface area contributed by atoms with Crippen molar-refractivity contribution >= 4 is 108 Å². The summed E-state index contributed by atoms with van der Waals surface area (Å²) < 4.78 is 6.95. The van der Waals surface area contributed by atoms with Gasteiger partial charge in [-0.3, -0.25) is 0 Å². The van der Waals surface area contributed by atoms with Gasteiger partial charge in [-0.25, -0.2) is 0 Å². The number of hydrogen-bond acceptors (Lipinski definition) is 1. The zero-order valence-electron chi connectivity index (χ0n) is 28.6. The number of hydrogen-bond donors (Lipinski definition) is 0. The first-order valence-electron chi connectivity index (χ1n) is 18.4. The van der Waals surface area contributed by atoms with Crippen molar-refractivity contribution in [1.82, 2.24) is 0 Å². The molecule has 0 unspecified atom stereocenters. The summed E-state index contributed by atoms with van der Waals surface area (Å²) in [5, 5.41) is 22.6. The van der Waals surface area contributed by atoms with Gasteiger partial charge in [0.2, 0.25) is 0 Å². The fourth-order valence-electron chi connectivity index (χ4n) is 9.79. The molecule has 53 heavy (non-hydrogen) atoms. The van der Waals surface area contributed by atoms with Crippen LogP contribution in [0.3, 0.4) is 0 Å². The van der Waals surface area contributed by atoms with E-state index in [2.05, 4.69) is 170 Å². The van der Waals surface area contributed by atoms with Crippen LogP contribution in [0.2, 0.25) is 0 Å². The molecule has 0 saturated heterocycles. The van der Waals surface area contributed by atoms with Crippen LogP contribution in [0.15, 0.2) is 174 Å². The van der Waals surface area contributed by atoms with Gasteiger partial charge in [0.25, 0.3) is 0 Å². The molecular weight excluding hydrogens is 641 g/mol. The summed E-state index contributed by atoms with van der Waals surface area (Å²) in [6.45, 7) is 0. The zero-order valence-corrected chi connectivity index (χ0v) is 28.6. The molecule has 0 fully saturated rings. The molecule has 1 nitrogen and oxygen atoms in total. The van der Waals surface area contributed by atoms with Crippen molar-refractivity contribution in [3.8, 4) is 22.3 Å². The second-order valence-corrected chi connectivity index (χ2v) is 14.8. The first kappa shape index (κ1) is 27.7. The average molecular weight is 669 g/mol. The predicted octanol–water partition coefficient (Wildman–Crippen LogP) is 15.0. The fraction of sp³-hybridized carbons (Fsp3) is 0. The standard InChI is InChI=1S/C52H28O/c1-2-10-39-29(5-1)20-26-45-51(39)43-25-19-36-27-37(38-21-15-34-13-11-30-6-3-8-32-17-23-41(38)48(34)46(30)32)28-44(50(36)52(43)53-45)40-22-16-35-14-12-31-7-4-9-33-18-24-42(40)49(35)47(31)33/h1-28H. The Bertz CT molecular complexity index is 3640. The van der Waals surface area contributed by atoms with E-state index >= 15 is 0 Å². The third kappa shape index (κ3) is 3.61. The number of furan rings is 1. The Morgan fingerprint density at radius 3 is 1.47 bits per heavy atom. The molecule has 0 aliphatic heterocycles. The molecule has 0 aliphatic rings. The molecule has 0 bridgehead atoms. The highest BCUT2D eigenvalue weighted by Gasteiger charge is 2.21. The van der Waals surface area contributed by atoms with Crippen LogP contribution in [-0.2, 0) is 0 Å². The summed E-state index contributed by atoms with van der Waals surface area (Å²) in [6.07, 6.45) is 0. The average Bonchev–Trinajstić information content (AvgIpc) is 3.61. The Balaban J connectivity index is 1.19. The maximum atomic E-state index is 6.95. The largest absolute Gasteiger partial charge is 0.455 e. The monoisotopic (exact) mass is 668 g/mol. The molecule has 0 spiro atoms. The van der Waals surface area contributed by atoms with Crippen LogP contribution in [0.1, 0.15) is 0 Å². The van der Waals surface area contributed by atoms with E-state index in [4.69, 9.17) is 4.42 Å². The molecule has 1 heteroatoms. The summed E-state index contributed by atoms with van der Waals surface area (Å²) in [5.74, 6) is 0. The number of fused-ring (bicyclic) bond motifs is 7. The number of rotatable bonds is 2. The predicted molar refractivity (Wildman–Crippen MR) is 227 cm³/mol. The van der Waals surface area contributed by atoms with Gasteiger partial charge in [0.15, 0.2) is 0 Å². The summed E-state index contributed by atoms with van der Waals surface area (Å²) >= 11 is 0. The van der Waals surface area contributed by atoms with Crippen molar-refractivity contribution in [2.75, 3.05) is 0 Å². The van der Waals surface area contributed by atoms with Crippen molar-refractivity contribution in [3.63, 3.8) is 0 Å². The van der Waals surface area contributed by atoms with Crippen molar-refractivity contribution in [2.45, 2.75) is 0 Å². The van der Waals surface area contributed by atoms with Gasteiger partial charge >= 0.3 is 0 Å². The van der Waals surface area contributed by atoms with Gasteiger partial charge in [-0.1, -0.05) is 146 Å². The Labute approximate surface area is 303 Å². The lowest BCUT2D eigenvalue weighted by atomic mass is 9.85. The topological polar surface area (TPSA) is 13.1 Å². The Hall–Kier alpha value is -6.96. The van der Waals surface area contributed by atoms with Crippen LogP contribution in [0.5, 0.6) is 0 Å². The molecule has 0 N–H and O–H groups in total. The highest BCUT2D eigenvalue weighted by atomic mass is 16.3. The van der Waals surface area contributed by atoms with E-state index in [0.717, 1.165) is 21.9 Å². The zero-order chi connectivity index (χ0) is 34.4. The van der Waals surface area contributed by atoms with Crippen LogP contribution in [0, 0.1) is 0 Å². The highest BCUT2D eigenvalue weighted by Crippen LogP contribution is 2.48. The second-order valence-electron chi connectivity index (χ2n) is 14.8. The van der Waals surface area contributed by atoms with E-state index in [1.807, 2.05) is 0 Å². The van der Waals surface area contributed by atoms with Crippen molar-refractivity contribution in [3.05, 3.63) is 170 Å². The summed E-state index contributed by atoms with van der Waals surface area (Å²) in [6, 6.07) is 63.2. The molecule has 1 aromatic heterocycles. The maximum absolute atomic E-state index is 6.95. The Morgan fingerprint density at radius 1 is 0.264 bits per heavy atom. The minimum absolute atomic E-state index is 0.920. The molecule has 12 aromatic carbocycles. The molecular formula is C52H28O. The van der Waals surface area contributed by atoms with Crippen molar-refractivity contribution in [2.24, 2.45) is 0 Å². The third-order valence-electron chi connectivity index (χ3n) is 12.1. The van der Waals surface area contributed by atoms with Gasteiger partial charge < -0.3 is 4.42 Å². The molecule has 242 valence electrons. The lowest BCUT2D eigenvalue weighted by molar-refractivity contribution is 0.673. The van der Waals surface area contributed by atoms with Gasteiger partial charge in [-0.2, -0.15) is 0 Å². The van der Waals surface area contributed by atoms with E-state index in [9.17, 15) is 0 Å². The van der Waals surface area contributed by atoms with Crippen LogP contribution in [0.4, 0.5) is 0 Å². The fourth-order valence-corrected chi connectivity index (χ4v) is 9.79. The van der Waals surface area contributed by atoms with E-state index in [1.165, 1.54) is 108 Å². The van der Waals surface area contributed by atoms with E-state index in [1.54, 1.807) is 0 Å². The van der Waals surface area contributed by atoms with Gasteiger partial charge in [-0.15, -0.1) is 0 Å². The molecule has 0 saturated carbocycles. The molecule has 0 atom stereocenters. The molecule has 0 radical (unpaired) electrons. The van der Waals surface area contributed by atoms with Gasteiger partial charge in [0.05, 0.1) is 0 Å². The molecule has 13 aromatic rings. The van der Waals surface area contributed by atoms with Gasteiger partial charge in [-0.05, 0) is 127 Å². The minimum atomic E-state index is 0.920. The summed E-state index contributed by atoms with van der Waals surface area (Å²) in [4.78, 5) is 0. The Morgan fingerprint density at radius 2 is 0.774 bits per heavy atom.